The van der Waals surface area contributed by atoms with Crippen LogP contribution in [0.5, 0.6) is 5.75 Å². The van der Waals surface area contributed by atoms with E-state index in [1.54, 1.807) is 16.4 Å². The van der Waals surface area contributed by atoms with Gasteiger partial charge in [0.25, 0.3) is 5.91 Å². The fourth-order valence-electron chi connectivity index (χ4n) is 3.48. The number of halogens is 1. The Labute approximate surface area is 184 Å². The summed E-state index contributed by atoms with van der Waals surface area (Å²) in [6.45, 7) is 4.81. The molecule has 1 aliphatic rings. The molecule has 164 valence electrons. The average molecular weight is 445 g/mol. The fourth-order valence-corrected chi connectivity index (χ4v) is 4.04. The summed E-state index contributed by atoms with van der Waals surface area (Å²) in [5.74, 6) is 1.68. The largest absolute Gasteiger partial charge is 0.484 e. The van der Waals surface area contributed by atoms with Crippen molar-refractivity contribution < 1.29 is 13.9 Å². The van der Waals surface area contributed by atoms with E-state index in [1.165, 1.54) is 37.1 Å². The second kappa shape index (κ2) is 9.95. The Morgan fingerprint density at radius 3 is 2.74 bits per heavy atom. The first-order valence-corrected chi connectivity index (χ1v) is 11.4. The number of benzene rings is 1. The van der Waals surface area contributed by atoms with Gasteiger partial charge in [-0.05, 0) is 42.9 Å². The van der Waals surface area contributed by atoms with E-state index in [2.05, 4.69) is 22.2 Å². The smallest absolute Gasteiger partial charge is 0.258 e. The highest BCUT2D eigenvalue weighted by atomic mass is 32.2. The molecule has 1 N–H and O–H groups in total. The van der Waals surface area contributed by atoms with Crippen LogP contribution in [0, 0.1) is 5.82 Å². The van der Waals surface area contributed by atoms with Crippen LogP contribution in [0.3, 0.4) is 0 Å². The molecule has 0 saturated carbocycles. The van der Waals surface area contributed by atoms with Crippen molar-refractivity contribution in [3.05, 3.63) is 36.3 Å². The van der Waals surface area contributed by atoms with Crippen LogP contribution in [0.2, 0.25) is 0 Å². The van der Waals surface area contributed by atoms with Crippen molar-refractivity contribution >= 4 is 34.5 Å². The summed E-state index contributed by atoms with van der Waals surface area (Å²) < 4.78 is 20.1. The molecule has 0 atom stereocenters. The molecule has 1 fully saturated rings. The molecule has 2 aromatic heterocycles. The van der Waals surface area contributed by atoms with E-state index >= 15 is 0 Å². The van der Waals surface area contributed by atoms with Crippen LogP contribution in [0.4, 0.5) is 10.2 Å². The van der Waals surface area contributed by atoms with E-state index in [-0.39, 0.29) is 18.3 Å². The van der Waals surface area contributed by atoms with Crippen molar-refractivity contribution in [2.45, 2.75) is 31.5 Å². The normalized spacial score (nSPS) is 13.7. The van der Waals surface area contributed by atoms with Gasteiger partial charge in [-0.2, -0.15) is 5.10 Å². The molecule has 3 heterocycles. The molecule has 1 amide bonds. The Morgan fingerprint density at radius 1 is 1.23 bits per heavy atom. The van der Waals surface area contributed by atoms with Gasteiger partial charge in [0.2, 0.25) is 0 Å². The summed E-state index contributed by atoms with van der Waals surface area (Å²) in [5, 5.41) is 8.99. The van der Waals surface area contributed by atoms with Crippen LogP contribution in [0.15, 0.2) is 35.6 Å². The summed E-state index contributed by atoms with van der Waals surface area (Å²) in [6.07, 6.45) is 4.15. The molecule has 31 heavy (non-hydrogen) atoms. The lowest BCUT2D eigenvalue weighted by Gasteiger charge is -2.17. The number of carbonyl (C=O) groups excluding carboxylic acids is 1. The number of aromatic nitrogens is 4. The van der Waals surface area contributed by atoms with Crippen molar-refractivity contribution in [1.29, 1.82) is 0 Å². The minimum atomic E-state index is -0.347. The Bertz CT molecular complexity index is 1040. The third-order valence-corrected chi connectivity index (χ3v) is 5.69. The highest BCUT2D eigenvalue weighted by Gasteiger charge is 2.20. The number of fused-ring (bicyclic) bond motifs is 1. The van der Waals surface area contributed by atoms with Gasteiger partial charge in [0, 0.05) is 19.6 Å². The van der Waals surface area contributed by atoms with Crippen molar-refractivity contribution in [3.8, 4) is 5.75 Å². The number of amides is 1. The predicted molar refractivity (Wildman–Crippen MR) is 118 cm³/mol. The van der Waals surface area contributed by atoms with E-state index < -0.39 is 0 Å². The molecule has 10 heteroatoms. The van der Waals surface area contributed by atoms with Gasteiger partial charge >= 0.3 is 0 Å². The van der Waals surface area contributed by atoms with Gasteiger partial charge in [-0.15, -0.1) is 0 Å². The minimum absolute atomic E-state index is 0.135. The second-order valence-electron chi connectivity index (χ2n) is 7.15. The molecule has 0 bridgehead atoms. The lowest BCUT2D eigenvalue weighted by molar-refractivity contribution is -0.123. The van der Waals surface area contributed by atoms with E-state index in [4.69, 9.17) is 14.7 Å². The van der Waals surface area contributed by atoms with Crippen LogP contribution in [0.1, 0.15) is 19.8 Å². The molecule has 1 aromatic carbocycles. The van der Waals surface area contributed by atoms with Crippen LogP contribution in [0.25, 0.3) is 11.0 Å². The number of hydrogen-bond acceptors (Lipinski definition) is 7. The molecule has 4 rings (SSSR count). The Kier molecular flexibility index (Phi) is 6.86. The van der Waals surface area contributed by atoms with Crippen LogP contribution >= 0.6 is 11.8 Å². The summed E-state index contributed by atoms with van der Waals surface area (Å²) >= 11 is 1.61. The van der Waals surface area contributed by atoms with Gasteiger partial charge in [0.1, 0.15) is 17.4 Å². The van der Waals surface area contributed by atoms with Crippen molar-refractivity contribution in [3.63, 3.8) is 0 Å². The van der Waals surface area contributed by atoms with Crippen molar-refractivity contribution in [2.75, 3.05) is 36.9 Å². The highest BCUT2D eigenvalue weighted by molar-refractivity contribution is 7.99. The van der Waals surface area contributed by atoms with Gasteiger partial charge in [0.15, 0.2) is 17.4 Å². The molecule has 8 nitrogen and oxygen atoms in total. The van der Waals surface area contributed by atoms with Crippen LogP contribution in [-0.4, -0.2) is 57.6 Å². The molecule has 1 saturated heterocycles. The highest BCUT2D eigenvalue weighted by Crippen LogP contribution is 2.29. The molecule has 0 aliphatic carbocycles. The summed E-state index contributed by atoms with van der Waals surface area (Å²) in [4.78, 5) is 23.8. The Balaban J connectivity index is 1.38. The lowest BCUT2D eigenvalue weighted by Crippen LogP contribution is -2.31. The molecular formula is C21H25FN6O2S. The topological polar surface area (TPSA) is 85.2 Å². The van der Waals surface area contributed by atoms with E-state index in [1.807, 2.05) is 6.20 Å². The van der Waals surface area contributed by atoms with Crippen LogP contribution in [-0.2, 0) is 11.3 Å². The fraction of sp³-hybridized carbons (Fsp3) is 0.429. The number of hydrogen-bond donors (Lipinski definition) is 1. The number of nitrogens with zero attached hydrogens (tertiary/aromatic N) is 5. The maximum atomic E-state index is 12.9. The second-order valence-corrected chi connectivity index (χ2v) is 8.39. The first-order valence-electron chi connectivity index (χ1n) is 10.4. The summed E-state index contributed by atoms with van der Waals surface area (Å²) in [6, 6.07) is 5.56. The first-order chi connectivity index (χ1) is 15.1. The first kappa shape index (κ1) is 21.4. The maximum Gasteiger partial charge on any atom is 0.258 e. The summed E-state index contributed by atoms with van der Waals surface area (Å²) in [7, 11) is 0. The van der Waals surface area contributed by atoms with Crippen LogP contribution < -0.4 is 15.0 Å². The zero-order chi connectivity index (χ0) is 21.6. The number of anilines is 1. The Hall–Kier alpha value is -2.88. The number of rotatable bonds is 9. The number of nitrogens with one attached hydrogen (secondary N) is 1. The molecule has 3 aromatic rings. The lowest BCUT2D eigenvalue weighted by atomic mass is 10.3. The monoisotopic (exact) mass is 444 g/mol. The third kappa shape index (κ3) is 5.25. The van der Waals surface area contributed by atoms with Crippen molar-refractivity contribution in [2.24, 2.45) is 0 Å². The number of carbonyl (C=O) groups is 1. The molecule has 1 aliphatic heterocycles. The zero-order valence-corrected chi connectivity index (χ0v) is 18.2. The molecule has 0 spiro atoms. The average Bonchev–Trinajstić information content (AvgIpc) is 3.44. The number of thioether (sulfide) groups is 1. The van der Waals surface area contributed by atoms with Gasteiger partial charge in [-0.25, -0.2) is 19.0 Å². The van der Waals surface area contributed by atoms with Gasteiger partial charge < -0.3 is 15.0 Å². The van der Waals surface area contributed by atoms with Gasteiger partial charge in [-0.1, -0.05) is 18.7 Å². The van der Waals surface area contributed by atoms with E-state index in [0.717, 1.165) is 40.9 Å². The molecule has 0 unspecified atom stereocenters. The Morgan fingerprint density at radius 2 is 2.00 bits per heavy atom. The van der Waals surface area contributed by atoms with Gasteiger partial charge in [-0.3, -0.25) is 4.79 Å². The maximum absolute atomic E-state index is 12.9. The summed E-state index contributed by atoms with van der Waals surface area (Å²) in [5.41, 5.74) is 0.782. The zero-order valence-electron chi connectivity index (χ0n) is 17.4. The van der Waals surface area contributed by atoms with Gasteiger partial charge in [0.05, 0.1) is 18.1 Å². The molecule has 0 radical (unpaired) electrons. The van der Waals surface area contributed by atoms with E-state index in [9.17, 15) is 9.18 Å². The quantitative estimate of drug-likeness (QED) is 0.401. The number of ether oxygens (including phenoxy) is 1. The standard InChI is InChI=1S/C21H25FN6O2S/c1-2-31-21-25-19(27-10-3-4-11-27)17-13-24-28(20(17)26-21)12-9-23-18(29)14-30-16-7-5-15(22)6-8-16/h5-8,13H,2-4,9-12,14H2,1H3,(H,23,29). The minimum Gasteiger partial charge on any atom is -0.484 e. The van der Waals surface area contributed by atoms with E-state index in [0.29, 0.717) is 18.8 Å². The molecular weight excluding hydrogens is 419 g/mol. The van der Waals surface area contributed by atoms with Crippen molar-refractivity contribution in [1.82, 2.24) is 25.1 Å². The SMILES string of the molecule is CCSc1nc(N2CCCC2)c2cnn(CCNC(=O)COc3ccc(F)cc3)c2n1. The predicted octanol–water partition coefficient (Wildman–Crippen LogP) is 2.87. The third-order valence-electron chi connectivity index (χ3n) is 4.96.